The lowest BCUT2D eigenvalue weighted by molar-refractivity contribution is -0.119. The Morgan fingerprint density at radius 1 is 1.40 bits per heavy atom. The Morgan fingerprint density at radius 2 is 2.20 bits per heavy atom. The number of anilines is 1. The van der Waals surface area contributed by atoms with E-state index < -0.39 is 11.8 Å². The van der Waals surface area contributed by atoms with E-state index in [1.54, 1.807) is 10.9 Å². The molecule has 1 fully saturated rings. The van der Waals surface area contributed by atoms with Crippen molar-refractivity contribution in [3.05, 3.63) is 47.5 Å². The number of amides is 1. The van der Waals surface area contributed by atoms with Crippen molar-refractivity contribution in [2.24, 2.45) is 13.0 Å². The highest BCUT2D eigenvalue weighted by Gasteiger charge is 2.35. The number of benzene rings is 1. The van der Waals surface area contributed by atoms with Crippen LogP contribution in [-0.4, -0.2) is 41.9 Å². The number of rotatable bonds is 4. The van der Waals surface area contributed by atoms with Gasteiger partial charge in [-0.05, 0) is 23.8 Å². The lowest BCUT2D eigenvalue weighted by Gasteiger charge is -2.17. The fraction of sp³-hybridized carbons (Fsp3) is 0.353. The van der Waals surface area contributed by atoms with Gasteiger partial charge in [-0.2, -0.15) is 5.10 Å². The highest BCUT2D eigenvalue weighted by atomic mass is 19.1. The Kier molecular flexibility index (Phi) is 4.80. The van der Waals surface area contributed by atoms with Crippen molar-refractivity contribution in [2.75, 3.05) is 25.5 Å². The Labute approximate surface area is 144 Å². The van der Waals surface area contributed by atoms with E-state index in [0.717, 1.165) is 11.6 Å². The number of esters is 1. The van der Waals surface area contributed by atoms with Gasteiger partial charge in [0.25, 0.3) is 0 Å². The molecule has 2 N–H and O–H groups in total. The van der Waals surface area contributed by atoms with Crippen LogP contribution in [0.2, 0.25) is 0 Å². The first-order valence-electron chi connectivity index (χ1n) is 7.87. The molecule has 2 aromatic rings. The summed E-state index contributed by atoms with van der Waals surface area (Å²) in [5.41, 5.74) is 1.09. The van der Waals surface area contributed by atoms with E-state index >= 15 is 0 Å². The highest BCUT2D eigenvalue weighted by molar-refractivity contribution is 5.96. The van der Waals surface area contributed by atoms with Gasteiger partial charge in [-0.3, -0.25) is 9.48 Å². The van der Waals surface area contributed by atoms with Gasteiger partial charge in [-0.15, -0.1) is 0 Å². The highest BCUT2D eigenvalue weighted by Crippen LogP contribution is 2.29. The van der Waals surface area contributed by atoms with Crippen LogP contribution in [0.1, 0.15) is 21.8 Å². The number of aromatic nitrogens is 2. The molecule has 0 unspecified atom stereocenters. The standard InChI is InChI=1S/C17H19FN4O3/c1-22-9-11(6-20-22)12-7-19-8-13(12)16(23)21-15-5-10(17(24)25-2)3-4-14(15)18/h3-6,9,12-13,19H,7-8H2,1-2H3,(H,21,23)/t12-,13+/m1/s1. The number of hydrogen-bond donors (Lipinski definition) is 2. The summed E-state index contributed by atoms with van der Waals surface area (Å²) in [4.78, 5) is 24.2. The zero-order valence-corrected chi connectivity index (χ0v) is 14.0. The lowest BCUT2D eigenvalue weighted by atomic mass is 9.90. The summed E-state index contributed by atoms with van der Waals surface area (Å²) in [6.07, 6.45) is 3.60. The van der Waals surface area contributed by atoms with Gasteiger partial charge in [0, 0.05) is 32.3 Å². The molecule has 1 amide bonds. The third-order valence-electron chi connectivity index (χ3n) is 4.35. The maximum absolute atomic E-state index is 14.0. The molecule has 1 aliphatic rings. The predicted octanol–water partition coefficient (Wildman–Crippen LogP) is 1.29. The molecule has 0 spiro atoms. The van der Waals surface area contributed by atoms with Crippen molar-refractivity contribution >= 4 is 17.6 Å². The first-order chi connectivity index (χ1) is 12.0. The number of hydrogen-bond acceptors (Lipinski definition) is 5. The van der Waals surface area contributed by atoms with Crippen molar-refractivity contribution in [3.8, 4) is 0 Å². The number of halogens is 1. The molecule has 7 nitrogen and oxygen atoms in total. The minimum atomic E-state index is -0.607. The molecule has 1 aromatic heterocycles. The van der Waals surface area contributed by atoms with Crippen LogP contribution >= 0.6 is 0 Å². The Bertz CT molecular complexity index is 805. The molecule has 2 atom stereocenters. The van der Waals surface area contributed by atoms with Crippen molar-refractivity contribution in [1.82, 2.24) is 15.1 Å². The van der Waals surface area contributed by atoms with Gasteiger partial charge in [0.05, 0.1) is 30.5 Å². The maximum atomic E-state index is 14.0. The normalized spacial score (nSPS) is 19.6. The first-order valence-corrected chi connectivity index (χ1v) is 7.87. The third-order valence-corrected chi connectivity index (χ3v) is 4.35. The Balaban J connectivity index is 1.78. The summed E-state index contributed by atoms with van der Waals surface area (Å²) in [5, 5.41) is 9.91. The number of nitrogens with zero attached hydrogens (tertiary/aromatic N) is 2. The number of carbonyl (C=O) groups excluding carboxylic acids is 2. The average Bonchev–Trinajstić information content (AvgIpc) is 3.24. The van der Waals surface area contributed by atoms with Gasteiger partial charge in [0.2, 0.25) is 5.91 Å². The fourth-order valence-electron chi connectivity index (χ4n) is 3.03. The third kappa shape index (κ3) is 3.53. The minimum absolute atomic E-state index is 0.0373. The van der Waals surface area contributed by atoms with Crippen molar-refractivity contribution in [1.29, 1.82) is 0 Å². The lowest BCUT2D eigenvalue weighted by Crippen LogP contribution is -2.28. The SMILES string of the molecule is COC(=O)c1ccc(F)c(NC(=O)[C@H]2CNC[C@@H]2c2cnn(C)c2)c1. The summed E-state index contributed by atoms with van der Waals surface area (Å²) in [5.74, 6) is -1.90. The van der Waals surface area contributed by atoms with Crippen LogP contribution in [-0.2, 0) is 16.6 Å². The van der Waals surface area contributed by atoms with E-state index in [0.29, 0.717) is 13.1 Å². The van der Waals surface area contributed by atoms with Gasteiger partial charge in [-0.1, -0.05) is 0 Å². The average molecular weight is 346 g/mol. The molecule has 1 saturated heterocycles. The summed E-state index contributed by atoms with van der Waals surface area (Å²) < 4.78 is 20.3. The molecule has 0 aliphatic carbocycles. The first kappa shape index (κ1) is 17.1. The van der Waals surface area contributed by atoms with Gasteiger partial charge in [0.15, 0.2) is 0 Å². The Hall–Kier alpha value is -2.74. The van der Waals surface area contributed by atoms with Crippen molar-refractivity contribution in [3.63, 3.8) is 0 Å². The van der Waals surface area contributed by atoms with Gasteiger partial charge in [-0.25, -0.2) is 9.18 Å². The molecule has 3 rings (SSSR count). The second-order valence-corrected chi connectivity index (χ2v) is 5.99. The molecule has 8 heteroatoms. The van der Waals surface area contributed by atoms with E-state index in [1.807, 2.05) is 13.2 Å². The zero-order chi connectivity index (χ0) is 18.0. The smallest absolute Gasteiger partial charge is 0.337 e. The largest absolute Gasteiger partial charge is 0.465 e. The maximum Gasteiger partial charge on any atom is 0.337 e. The van der Waals surface area contributed by atoms with Crippen LogP contribution in [0.25, 0.3) is 0 Å². The van der Waals surface area contributed by atoms with E-state index in [-0.39, 0.29) is 29.0 Å². The van der Waals surface area contributed by atoms with E-state index in [1.165, 1.54) is 19.2 Å². The summed E-state index contributed by atoms with van der Waals surface area (Å²) in [6, 6.07) is 3.72. The molecule has 0 radical (unpaired) electrons. The molecule has 0 bridgehead atoms. The number of aryl methyl sites for hydroxylation is 1. The van der Waals surface area contributed by atoms with Crippen LogP contribution in [0, 0.1) is 11.7 Å². The van der Waals surface area contributed by atoms with Crippen LogP contribution in [0.5, 0.6) is 0 Å². The molecule has 1 aromatic carbocycles. The van der Waals surface area contributed by atoms with Gasteiger partial charge < -0.3 is 15.4 Å². The van der Waals surface area contributed by atoms with E-state index in [4.69, 9.17) is 0 Å². The molecule has 132 valence electrons. The van der Waals surface area contributed by atoms with Crippen molar-refractivity contribution < 1.29 is 18.7 Å². The number of ether oxygens (including phenoxy) is 1. The number of carbonyl (C=O) groups is 2. The topological polar surface area (TPSA) is 85.2 Å². The quantitative estimate of drug-likeness (QED) is 0.815. The van der Waals surface area contributed by atoms with Crippen LogP contribution < -0.4 is 10.6 Å². The van der Waals surface area contributed by atoms with E-state index in [2.05, 4.69) is 20.5 Å². The summed E-state index contributed by atoms with van der Waals surface area (Å²) >= 11 is 0. The second-order valence-electron chi connectivity index (χ2n) is 5.99. The molecule has 1 aliphatic heterocycles. The van der Waals surface area contributed by atoms with Crippen LogP contribution in [0.3, 0.4) is 0 Å². The summed E-state index contributed by atoms with van der Waals surface area (Å²) in [7, 11) is 3.06. The van der Waals surface area contributed by atoms with Gasteiger partial charge >= 0.3 is 5.97 Å². The van der Waals surface area contributed by atoms with Crippen molar-refractivity contribution in [2.45, 2.75) is 5.92 Å². The molecule has 25 heavy (non-hydrogen) atoms. The molecular formula is C17H19FN4O3. The number of methoxy groups -OCH3 is 1. The van der Waals surface area contributed by atoms with E-state index in [9.17, 15) is 14.0 Å². The monoisotopic (exact) mass is 346 g/mol. The summed E-state index contributed by atoms with van der Waals surface area (Å²) in [6.45, 7) is 1.14. The zero-order valence-electron chi connectivity index (χ0n) is 14.0. The minimum Gasteiger partial charge on any atom is -0.465 e. The molecule has 2 heterocycles. The van der Waals surface area contributed by atoms with Crippen LogP contribution in [0.15, 0.2) is 30.6 Å². The number of nitrogens with one attached hydrogen (secondary N) is 2. The predicted molar refractivity (Wildman–Crippen MR) is 88.7 cm³/mol. The molecule has 0 saturated carbocycles. The fourth-order valence-corrected chi connectivity index (χ4v) is 3.03. The second kappa shape index (κ2) is 7.02. The van der Waals surface area contributed by atoms with Gasteiger partial charge in [0.1, 0.15) is 5.82 Å². The molecular weight excluding hydrogens is 327 g/mol. The van der Waals surface area contributed by atoms with Crippen LogP contribution in [0.4, 0.5) is 10.1 Å². The Morgan fingerprint density at radius 3 is 2.88 bits per heavy atom.